The van der Waals surface area contributed by atoms with Gasteiger partial charge in [-0.25, -0.2) is 4.98 Å². The van der Waals surface area contributed by atoms with Crippen molar-refractivity contribution in [1.82, 2.24) is 15.3 Å². The molecule has 1 aliphatic heterocycles. The normalized spacial score (nSPS) is 22.8. The van der Waals surface area contributed by atoms with Crippen molar-refractivity contribution in [3.05, 3.63) is 17.1 Å². The quantitative estimate of drug-likeness (QED) is 0.905. The molecule has 3 N–H and O–H groups in total. The Bertz CT molecular complexity index is 749. The van der Waals surface area contributed by atoms with Crippen LogP contribution in [0.25, 0.3) is 11.1 Å². The van der Waals surface area contributed by atoms with Crippen LogP contribution in [0, 0.1) is 13.8 Å². The highest BCUT2D eigenvalue weighted by Crippen LogP contribution is 2.37. The van der Waals surface area contributed by atoms with Gasteiger partial charge in [0.1, 0.15) is 17.4 Å². The van der Waals surface area contributed by atoms with Crippen LogP contribution in [0.1, 0.15) is 51.3 Å². The summed E-state index contributed by atoms with van der Waals surface area (Å²) in [6.45, 7) is 12.9. The van der Waals surface area contributed by atoms with Crippen LogP contribution in [0.5, 0.6) is 0 Å². The van der Waals surface area contributed by atoms with Gasteiger partial charge in [0.25, 0.3) is 0 Å². The van der Waals surface area contributed by atoms with E-state index >= 15 is 0 Å². The van der Waals surface area contributed by atoms with E-state index in [-0.39, 0.29) is 17.2 Å². The summed E-state index contributed by atoms with van der Waals surface area (Å²) in [5, 5.41) is 4.33. The van der Waals surface area contributed by atoms with Crippen molar-refractivity contribution in [1.29, 1.82) is 0 Å². The molecular formula is C17H26N4O2. The Morgan fingerprint density at radius 1 is 1.22 bits per heavy atom. The molecule has 1 saturated heterocycles. The monoisotopic (exact) mass is 318 g/mol. The molecule has 0 spiro atoms. The molecule has 126 valence electrons. The van der Waals surface area contributed by atoms with E-state index in [1.54, 1.807) is 0 Å². The molecule has 0 unspecified atom stereocenters. The maximum Gasteiger partial charge on any atom is 0.231 e. The molecule has 0 aromatic carbocycles. The maximum atomic E-state index is 6.10. The van der Waals surface area contributed by atoms with E-state index in [1.807, 2.05) is 13.8 Å². The van der Waals surface area contributed by atoms with Gasteiger partial charge in [-0.3, -0.25) is 0 Å². The van der Waals surface area contributed by atoms with Crippen LogP contribution in [0.15, 0.2) is 4.42 Å². The molecule has 1 fully saturated rings. The average Bonchev–Trinajstić information content (AvgIpc) is 2.80. The maximum absolute atomic E-state index is 6.10. The smallest absolute Gasteiger partial charge is 0.231 e. The minimum absolute atomic E-state index is 0.125. The lowest BCUT2D eigenvalue weighted by Gasteiger charge is -2.27. The number of hydrogen-bond donors (Lipinski definition) is 2. The topological polar surface area (TPSA) is 86.2 Å². The van der Waals surface area contributed by atoms with Crippen molar-refractivity contribution >= 4 is 16.9 Å². The van der Waals surface area contributed by atoms with E-state index in [4.69, 9.17) is 14.9 Å². The Kier molecular flexibility index (Phi) is 3.65. The van der Waals surface area contributed by atoms with E-state index in [1.165, 1.54) is 0 Å². The number of aromatic nitrogens is 2. The minimum atomic E-state index is -0.225. The third kappa shape index (κ3) is 2.93. The van der Waals surface area contributed by atoms with Crippen LogP contribution in [0.2, 0.25) is 0 Å². The van der Waals surface area contributed by atoms with Crippen molar-refractivity contribution in [2.75, 3.05) is 5.73 Å². The summed E-state index contributed by atoms with van der Waals surface area (Å²) >= 11 is 0. The minimum Gasteiger partial charge on any atom is -0.443 e. The number of aryl methyl sites for hydroxylation is 2. The Morgan fingerprint density at radius 3 is 2.52 bits per heavy atom. The number of ether oxygens (including phenoxy) is 1. The summed E-state index contributed by atoms with van der Waals surface area (Å²) in [6.07, 6.45) is 0.941. The molecule has 3 rings (SSSR count). The highest BCUT2D eigenvalue weighted by atomic mass is 16.5. The predicted octanol–water partition coefficient (Wildman–Crippen LogP) is 2.86. The molecule has 0 saturated carbocycles. The second kappa shape index (κ2) is 5.18. The number of nitrogens with zero attached hydrogens (tertiary/aromatic N) is 2. The SMILES string of the molecule is Cc1oc2nc(CN[C@@H]3CC(C)(C)OC3(C)C)nc(N)c2c1C. The van der Waals surface area contributed by atoms with Gasteiger partial charge in [-0.2, -0.15) is 4.98 Å². The number of anilines is 1. The lowest BCUT2D eigenvalue weighted by Crippen LogP contribution is -2.43. The van der Waals surface area contributed by atoms with Crippen molar-refractivity contribution in [3.63, 3.8) is 0 Å². The van der Waals surface area contributed by atoms with E-state index in [2.05, 4.69) is 43.0 Å². The Labute approximate surface area is 136 Å². The fourth-order valence-corrected chi connectivity index (χ4v) is 3.50. The Balaban J connectivity index is 1.80. The molecule has 6 heteroatoms. The number of rotatable bonds is 3. The zero-order valence-electron chi connectivity index (χ0n) is 14.8. The second-order valence-electron chi connectivity index (χ2n) is 7.59. The van der Waals surface area contributed by atoms with Gasteiger partial charge in [0.15, 0.2) is 0 Å². The van der Waals surface area contributed by atoms with Crippen LogP contribution in [0.4, 0.5) is 5.82 Å². The fraction of sp³-hybridized carbons (Fsp3) is 0.647. The van der Waals surface area contributed by atoms with Gasteiger partial charge < -0.3 is 20.2 Å². The lowest BCUT2D eigenvalue weighted by atomic mass is 9.94. The van der Waals surface area contributed by atoms with Crippen molar-refractivity contribution in [3.8, 4) is 0 Å². The number of furan rings is 1. The van der Waals surface area contributed by atoms with E-state index < -0.39 is 0 Å². The zero-order chi connectivity index (χ0) is 17.0. The average molecular weight is 318 g/mol. The molecular weight excluding hydrogens is 292 g/mol. The number of nitrogen functional groups attached to an aromatic ring is 1. The first-order valence-electron chi connectivity index (χ1n) is 8.05. The summed E-state index contributed by atoms with van der Waals surface area (Å²) in [5.74, 6) is 1.95. The highest BCUT2D eigenvalue weighted by molar-refractivity contribution is 5.88. The number of nitrogens with two attached hydrogens (primary N) is 1. The van der Waals surface area contributed by atoms with E-state index in [9.17, 15) is 0 Å². The van der Waals surface area contributed by atoms with Crippen molar-refractivity contribution in [2.24, 2.45) is 0 Å². The standard InChI is InChI=1S/C17H26N4O2/c1-9-10(2)22-15-13(9)14(18)20-12(21-15)8-19-11-7-16(3,4)23-17(11,5)6/h11,19H,7-8H2,1-6H3,(H2,18,20,21)/t11-/m1/s1. The van der Waals surface area contributed by atoms with Gasteiger partial charge >= 0.3 is 0 Å². The Hall–Kier alpha value is -1.66. The highest BCUT2D eigenvalue weighted by Gasteiger charge is 2.45. The van der Waals surface area contributed by atoms with Crippen LogP contribution in [0.3, 0.4) is 0 Å². The van der Waals surface area contributed by atoms with Gasteiger partial charge in [0, 0.05) is 11.6 Å². The second-order valence-corrected chi connectivity index (χ2v) is 7.59. The summed E-state index contributed by atoms with van der Waals surface area (Å²) in [6, 6.07) is 0.234. The van der Waals surface area contributed by atoms with Crippen molar-refractivity contribution < 1.29 is 9.15 Å². The molecule has 2 aromatic heterocycles. The summed E-state index contributed by atoms with van der Waals surface area (Å²) in [5.41, 5.74) is 7.30. The number of hydrogen-bond acceptors (Lipinski definition) is 6. The van der Waals surface area contributed by atoms with Gasteiger partial charge in [-0.1, -0.05) is 0 Å². The summed E-state index contributed by atoms with van der Waals surface area (Å²) < 4.78 is 11.8. The third-order valence-corrected chi connectivity index (χ3v) is 4.68. The van der Waals surface area contributed by atoms with Crippen LogP contribution in [-0.4, -0.2) is 27.2 Å². The van der Waals surface area contributed by atoms with Crippen LogP contribution >= 0.6 is 0 Å². The third-order valence-electron chi connectivity index (χ3n) is 4.68. The number of fused-ring (bicyclic) bond motifs is 1. The van der Waals surface area contributed by atoms with Crippen LogP contribution < -0.4 is 11.1 Å². The molecule has 0 radical (unpaired) electrons. The molecule has 3 heterocycles. The van der Waals surface area contributed by atoms with E-state index in [0.29, 0.717) is 23.9 Å². The summed E-state index contributed by atoms with van der Waals surface area (Å²) in [4.78, 5) is 8.93. The fourth-order valence-electron chi connectivity index (χ4n) is 3.50. The lowest BCUT2D eigenvalue weighted by molar-refractivity contribution is -0.0699. The first-order chi connectivity index (χ1) is 10.6. The first-order valence-corrected chi connectivity index (χ1v) is 8.05. The number of nitrogens with one attached hydrogen (secondary N) is 1. The molecule has 1 aliphatic rings. The largest absolute Gasteiger partial charge is 0.443 e. The summed E-state index contributed by atoms with van der Waals surface area (Å²) in [7, 11) is 0. The van der Waals surface area contributed by atoms with Gasteiger partial charge in [0.2, 0.25) is 5.71 Å². The zero-order valence-corrected chi connectivity index (χ0v) is 14.8. The van der Waals surface area contributed by atoms with Gasteiger partial charge in [0.05, 0.1) is 23.1 Å². The molecule has 0 aliphatic carbocycles. The van der Waals surface area contributed by atoms with Gasteiger partial charge in [-0.15, -0.1) is 0 Å². The van der Waals surface area contributed by atoms with Crippen molar-refractivity contribution in [2.45, 2.75) is 71.8 Å². The molecule has 6 nitrogen and oxygen atoms in total. The van der Waals surface area contributed by atoms with E-state index in [0.717, 1.165) is 23.1 Å². The van der Waals surface area contributed by atoms with Crippen LogP contribution in [-0.2, 0) is 11.3 Å². The molecule has 1 atom stereocenters. The molecule has 23 heavy (non-hydrogen) atoms. The predicted molar refractivity (Wildman–Crippen MR) is 90.2 cm³/mol. The van der Waals surface area contributed by atoms with Gasteiger partial charge in [-0.05, 0) is 48.0 Å². The Morgan fingerprint density at radius 2 is 1.91 bits per heavy atom. The molecule has 2 aromatic rings. The molecule has 0 amide bonds. The first kappa shape index (κ1) is 16.2. The molecule has 0 bridgehead atoms.